The highest BCUT2D eigenvalue weighted by Crippen LogP contribution is 2.22. The van der Waals surface area contributed by atoms with Gasteiger partial charge in [0.25, 0.3) is 0 Å². The zero-order valence-corrected chi connectivity index (χ0v) is 16.6. The van der Waals surface area contributed by atoms with Crippen molar-refractivity contribution in [3.8, 4) is 0 Å². The second kappa shape index (κ2) is 9.77. The van der Waals surface area contributed by atoms with Gasteiger partial charge in [-0.2, -0.15) is 0 Å². The largest absolute Gasteiger partial charge is 0.357 e. The predicted molar refractivity (Wildman–Crippen MR) is 106 cm³/mol. The third-order valence-corrected chi connectivity index (χ3v) is 6.30. The van der Waals surface area contributed by atoms with Crippen LogP contribution in [0.3, 0.4) is 0 Å². The molecule has 1 N–H and O–H groups in total. The van der Waals surface area contributed by atoms with Gasteiger partial charge < -0.3 is 20.0 Å². The maximum Gasteiger partial charge on any atom is 0.193 e. The molecule has 1 aliphatic carbocycles. The van der Waals surface area contributed by atoms with Gasteiger partial charge in [-0.05, 0) is 65.1 Å². The first-order valence-electron chi connectivity index (χ1n) is 10.7. The molecule has 3 aliphatic rings. The fourth-order valence-electron chi connectivity index (χ4n) is 4.77. The molecule has 25 heavy (non-hydrogen) atoms. The molecule has 144 valence electrons. The third kappa shape index (κ3) is 5.58. The van der Waals surface area contributed by atoms with Crippen molar-refractivity contribution in [2.45, 2.75) is 57.9 Å². The van der Waals surface area contributed by atoms with E-state index >= 15 is 0 Å². The smallest absolute Gasteiger partial charge is 0.193 e. The molecule has 2 aliphatic heterocycles. The van der Waals surface area contributed by atoms with Crippen molar-refractivity contribution in [3.05, 3.63) is 0 Å². The molecule has 5 heteroatoms. The van der Waals surface area contributed by atoms with Gasteiger partial charge in [-0.25, -0.2) is 0 Å². The zero-order chi connectivity index (χ0) is 17.5. The first-order chi connectivity index (χ1) is 12.3. The first-order valence-corrected chi connectivity index (χ1v) is 10.7. The van der Waals surface area contributed by atoms with Crippen LogP contribution in [0.4, 0.5) is 0 Å². The monoisotopic (exact) mass is 349 g/mol. The Hall–Kier alpha value is -0.810. The SMILES string of the molecule is CCNC(=NCCN(C)C1CCCC1)N1CCC(CN2CCCC2)C1. The number of aliphatic imine (C=N–C) groups is 1. The molecular formula is C20H39N5. The van der Waals surface area contributed by atoms with Gasteiger partial charge >= 0.3 is 0 Å². The molecule has 1 saturated carbocycles. The highest BCUT2D eigenvalue weighted by Gasteiger charge is 2.27. The quantitative estimate of drug-likeness (QED) is 0.565. The van der Waals surface area contributed by atoms with Gasteiger partial charge in [0.05, 0.1) is 6.54 Å². The van der Waals surface area contributed by atoms with Crippen LogP contribution in [0.15, 0.2) is 4.99 Å². The molecule has 2 saturated heterocycles. The van der Waals surface area contributed by atoms with Crippen molar-refractivity contribution in [2.75, 3.05) is 59.4 Å². The van der Waals surface area contributed by atoms with Gasteiger partial charge in [0, 0.05) is 38.8 Å². The molecule has 1 unspecified atom stereocenters. The highest BCUT2D eigenvalue weighted by atomic mass is 15.3. The van der Waals surface area contributed by atoms with Crippen LogP contribution < -0.4 is 5.32 Å². The van der Waals surface area contributed by atoms with Crippen LogP contribution in [0, 0.1) is 5.92 Å². The molecule has 0 radical (unpaired) electrons. The lowest BCUT2D eigenvalue weighted by molar-refractivity contribution is 0.252. The predicted octanol–water partition coefficient (Wildman–Crippen LogP) is 2.24. The van der Waals surface area contributed by atoms with E-state index in [-0.39, 0.29) is 0 Å². The Bertz CT molecular complexity index is 412. The molecule has 0 amide bonds. The first kappa shape index (κ1) is 19.0. The fraction of sp³-hybridized carbons (Fsp3) is 0.950. The van der Waals surface area contributed by atoms with E-state index in [0.29, 0.717) is 0 Å². The normalized spacial score (nSPS) is 26.3. The van der Waals surface area contributed by atoms with E-state index in [1.807, 2.05) is 0 Å². The molecule has 5 nitrogen and oxygen atoms in total. The number of nitrogens with zero attached hydrogens (tertiary/aromatic N) is 4. The minimum atomic E-state index is 0.800. The minimum Gasteiger partial charge on any atom is -0.357 e. The molecule has 0 bridgehead atoms. The van der Waals surface area contributed by atoms with Crippen LogP contribution >= 0.6 is 0 Å². The van der Waals surface area contributed by atoms with E-state index in [2.05, 4.69) is 34.0 Å². The Morgan fingerprint density at radius 1 is 1.08 bits per heavy atom. The van der Waals surface area contributed by atoms with E-state index in [9.17, 15) is 0 Å². The van der Waals surface area contributed by atoms with E-state index in [1.54, 1.807) is 0 Å². The number of rotatable bonds is 7. The van der Waals surface area contributed by atoms with E-state index in [4.69, 9.17) is 4.99 Å². The molecule has 2 heterocycles. The second-order valence-electron chi connectivity index (χ2n) is 8.26. The average molecular weight is 350 g/mol. The average Bonchev–Trinajstić information content (AvgIpc) is 3.37. The van der Waals surface area contributed by atoms with Gasteiger partial charge in [-0.1, -0.05) is 12.8 Å². The van der Waals surface area contributed by atoms with Gasteiger partial charge in [-0.3, -0.25) is 4.99 Å². The van der Waals surface area contributed by atoms with Gasteiger partial charge in [0.1, 0.15) is 0 Å². The van der Waals surface area contributed by atoms with Crippen LogP contribution in [-0.4, -0.2) is 86.1 Å². The lowest BCUT2D eigenvalue weighted by Crippen LogP contribution is -2.41. The minimum absolute atomic E-state index is 0.800. The summed E-state index contributed by atoms with van der Waals surface area (Å²) in [6.45, 7) is 11.4. The summed E-state index contributed by atoms with van der Waals surface area (Å²) in [6, 6.07) is 0.800. The molecule has 0 aromatic heterocycles. The van der Waals surface area contributed by atoms with Gasteiger partial charge in [0.2, 0.25) is 0 Å². The molecule has 1 atom stereocenters. The van der Waals surface area contributed by atoms with Gasteiger partial charge in [-0.15, -0.1) is 0 Å². The molecular weight excluding hydrogens is 310 g/mol. The number of hydrogen-bond acceptors (Lipinski definition) is 3. The Kier molecular flexibility index (Phi) is 7.41. The zero-order valence-electron chi connectivity index (χ0n) is 16.6. The maximum absolute atomic E-state index is 4.95. The van der Waals surface area contributed by atoms with Crippen molar-refractivity contribution in [1.29, 1.82) is 0 Å². The van der Waals surface area contributed by atoms with E-state index < -0.39 is 0 Å². The summed E-state index contributed by atoms with van der Waals surface area (Å²) < 4.78 is 0. The molecule has 0 spiro atoms. The summed E-state index contributed by atoms with van der Waals surface area (Å²) in [4.78, 5) is 12.6. The molecule has 3 fully saturated rings. The number of likely N-dealkylation sites (N-methyl/N-ethyl adjacent to an activating group) is 1. The molecule has 0 aromatic carbocycles. The van der Waals surface area contributed by atoms with Crippen LogP contribution in [0.25, 0.3) is 0 Å². The fourth-order valence-corrected chi connectivity index (χ4v) is 4.77. The topological polar surface area (TPSA) is 34.1 Å². The van der Waals surface area contributed by atoms with Crippen molar-refractivity contribution in [1.82, 2.24) is 20.0 Å². The standard InChI is InChI=1S/C20H39N5/c1-3-21-20(22-11-15-23(2)19-8-4-5-9-19)25-14-10-18(17-25)16-24-12-6-7-13-24/h18-19H,3-17H2,1-2H3,(H,21,22). The van der Waals surface area contributed by atoms with Gasteiger partial charge in [0.15, 0.2) is 5.96 Å². The van der Waals surface area contributed by atoms with Crippen LogP contribution in [0.5, 0.6) is 0 Å². The Morgan fingerprint density at radius 3 is 2.56 bits per heavy atom. The summed E-state index contributed by atoms with van der Waals surface area (Å²) in [5.41, 5.74) is 0. The Balaban J connectivity index is 1.44. The Morgan fingerprint density at radius 2 is 1.84 bits per heavy atom. The lowest BCUT2D eigenvalue weighted by Gasteiger charge is -2.25. The van der Waals surface area contributed by atoms with Crippen LogP contribution in [0.2, 0.25) is 0 Å². The summed E-state index contributed by atoms with van der Waals surface area (Å²) in [5, 5.41) is 3.53. The number of hydrogen-bond donors (Lipinski definition) is 1. The summed E-state index contributed by atoms with van der Waals surface area (Å²) in [7, 11) is 2.28. The van der Waals surface area contributed by atoms with E-state index in [0.717, 1.165) is 37.6 Å². The third-order valence-electron chi connectivity index (χ3n) is 6.30. The summed E-state index contributed by atoms with van der Waals surface area (Å²) in [5.74, 6) is 1.97. The number of nitrogens with one attached hydrogen (secondary N) is 1. The van der Waals surface area contributed by atoms with Crippen molar-refractivity contribution < 1.29 is 0 Å². The lowest BCUT2D eigenvalue weighted by atomic mass is 10.1. The molecule has 0 aromatic rings. The summed E-state index contributed by atoms with van der Waals surface area (Å²) >= 11 is 0. The maximum atomic E-state index is 4.95. The van der Waals surface area contributed by atoms with Crippen molar-refractivity contribution in [3.63, 3.8) is 0 Å². The van der Waals surface area contributed by atoms with Crippen LogP contribution in [0.1, 0.15) is 51.9 Å². The Labute approximate surface area is 154 Å². The molecule has 3 rings (SSSR count). The number of guanidine groups is 1. The van der Waals surface area contributed by atoms with E-state index in [1.165, 1.54) is 77.7 Å². The van der Waals surface area contributed by atoms with Crippen molar-refractivity contribution in [2.24, 2.45) is 10.9 Å². The van der Waals surface area contributed by atoms with Crippen LogP contribution in [-0.2, 0) is 0 Å². The van der Waals surface area contributed by atoms with Crippen molar-refractivity contribution >= 4 is 5.96 Å². The summed E-state index contributed by atoms with van der Waals surface area (Å²) in [6.07, 6.45) is 9.70. The highest BCUT2D eigenvalue weighted by molar-refractivity contribution is 5.80. The number of likely N-dealkylation sites (tertiary alicyclic amines) is 2. The second-order valence-corrected chi connectivity index (χ2v) is 8.26.